The van der Waals surface area contributed by atoms with Crippen molar-refractivity contribution in [3.63, 3.8) is 0 Å². The highest BCUT2D eigenvalue weighted by atomic mass is 35.5. The maximum Gasteiger partial charge on any atom is 0.257 e. The first-order valence-corrected chi connectivity index (χ1v) is 8.83. The molecule has 0 atom stereocenters. The van der Waals surface area contributed by atoms with E-state index in [2.05, 4.69) is 15.6 Å². The SMILES string of the molecule is COc1ccc(CNc2ccc(C(=O)Nc3ccc(C)c(Cl)c3)cn2)cc1. The molecule has 0 unspecified atom stereocenters. The maximum absolute atomic E-state index is 12.3. The van der Waals surface area contributed by atoms with Crippen molar-refractivity contribution in [3.05, 3.63) is 82.5 Å². The molecule has 0 aliphatic carbocycles. The van der Waals surface area contributed by atoms with Crippen LogP contribution in [-0.4, -0.2) is 18.0 Å². The molecule has 1 heterocycles. The lowest BCUT2D eigenvalue weighted by atomic mass is 10.2. The number of ether oxygens (including phenoxy) is 1. The van der Waals surface area contributed by atoms with Gasteiger partial charge in [0.1, 0.15) is 11.6 Å². The normalized spacial score (nSPS) is 10.3. The van der Waals surface area contributed by atoms with Crippen LogP contribution in [0.25, 0.3) is 0 Å². The Morgan fingerprint density at radius 2 is 1.89 bits per heavy atom. The molecule has 0 bridgehead atoms. The summed E-state index contributed by atoms with van der Waals surface area (Å²) in [6, 6.07) is 16.7. The third kappa shape index (κ3) is 4.99. The Morgan fingerprint density at radius 1 is 1.11 bits per heavy atom. The van der Waals surface area contributed by atoms with Gasteiger partial charge in [-0.25, -0.2) is 4.98 Å². The number of aromatic nitrogens is 1. The highest BCUT2D eigenvalue weighted by Gasteiger charge is 2.08. The van der Waals surface area contributed by atoms with Gasteiger partial charge in [-0.05, 0) is 54.4 Å². The van der Waals surface area contributed by atoms with Gasteiger partial charge in [0.2, 0.25) is 0 Å². The van der Waals surface area contributed by atoms with Crippen LogP contribution in [-0.2, 0) is 6.54 Å². The van der Waals surface area contributed by atoms with Crippen molar-refractivity contribution in [2.24, 2.45) is 0 Å². The van der Waals surface area contributed by atoms with Gasteiger partial charge in [0, 0.05) is 23.5 Å². The summed E-state index contributed by atoms with van der Waals surface area (Å²) in [7, 11) is 1.64. The molecular formula is C21H20ClN3O2. The van der Waals surface area contributed by atoms with Crippen LogP contribution in [0.4, 0.5) is 11.5 Å². The van der Waals surface area contributed by atoms with E-state index in [0.717, 1.165) is 16.9 Å². The van der Waals surface area contributed by atoms with Crippen LogP contribution in [0.2, 0.25) is 5.02 Å². The Hall–Kier alpha value is -3.05. The minimum atomic E-state index is -0.232. The van der Waals surface area contributed by atoms with E-state index in [4.69, 9.17) is 16.3 Å². The molecule has 138 valence electrons. The smallest absolute Gasteiger partial charge is 0.257 e. The molecular weight excluding hydrogens is 362 g/mol. The lowest BCUT2D eigenvalue weighted by Gasteiger charge is -2.09. The maximum atomic E-state index is 12.3. The molecule has 0 saturated heterocycles. The first kappa shape index (κ1) is 18.7. The lowest BCUT2D eigenvalue weighted by molar-refractivity contribution is 0.102. The summed E-state index contributed by atoms with van der Waals surface area (Å²) >= 11 is 6.09. The summed E-state index contributed by atoms with van der Waals surface area (Å²) in [6.45, 7) is 2.54. The number of halogens is 1. The molecule has 0 spiro atoms. The standard InChI is InChI=1S/C21H20ClN3O2/c1-14-3-7-17(11-19(14)22)25-21(26)16-6-10-20(24-13-16)23-12-15-4-8-18(27-2)9-5-15/h3-11,13H,12H2,1-2H3,(H,23,24)(H,25,26). The van der Waals surface area contributed by atoms with Crippen molar-refractivity contribution < 1.29 is 9.53 Å². The van der Waals surface area contributed by atoms with Gasteiger partial charge in [0.25, 0.3) is 5.91 Å². The van der Waals surface area contributed by atoms with Gasteiger partial charge < -0.3 is 15.4 Å². The van der Waals surface area contributed by atoms with E-state index >= 15 is 0 Å². The van der Waals surface area contributed by atoms with E-state index in [-0.39, 0.29) is 5.91 Å². The van der Waals surface area contributed by atoms with Crippen molar-refractivity contribution in [1.82, 2.24) is 4.98 Å². The highest BCUT2D eigenvalue weighted by Crippen LogP contribution is 2.20. The minimum absolute atomic E-state index is 0.232. The van der Waals surface area contributed by atoms with Crippen molar-refractivity contribution >= 4 is 29.0 Å². The number of methoxy groups -OCH3 is 1. The van der Waals surface area contributed by atoms with Gasteiger partial charge in [0.15, 0.2) is 0 Å². The van der Waals surface area contributed by atoms with E-state index < -0.39 is 0 Å². The fraction of sp³-hybridized carbons (Fsp3) is 0.143. The summed E-state index contributed by atoms with van der Waals surface area (Å²) in [6.07, 6.45) is 1.54. The number of benzene rings is 2. The number of carbonyl (C=O) groups is 1. The first-order chi connectivity index (χ1) is 13.0. The fourth-order valence-electron chi connectivity index (χ4n) is 2.44. The molecule has 6 heteroatoms. The second-order valence-electron chi connectivity index (χ2n) is 6.05. The molecule has 27 heavy (non-hydrogen) atoms. The largest absolute Gasteiger partial charge is 0.497 e. The van der Waals surface area contributed by atoms with Crippen LogP contribution in [0.1, 0.15) is 21.5 Å². The van der Waals surface area contributed by atoms with Gasteiger partial charge in [-0.3, -0.25) is 4.79 Å². The molecule has 1 aromatic heterocycles. The molecule has 0 aliphatic heterocycles. The van der Waals surface area contributed by atoms with Crippen molar-refractivity contribution in [2.45, 2.75) is 13.5 Å². The Labute approximate surface area is 163 Å². The molecule has 0 fully saturated rings. The Morgan fingerprint density at radius 3 is 2.52 bits per heavy atom. The number of nitrogens with zero attached hydrogens (tertiary/aromatic N) is 1. The van der Waals surface area contributed by atoms with E-state index in [0.29, 0.717) is 28.6 Å². The third-order valence-corrected chi connectivity index (χ3v) is 4.50. The molecule has 0 saturated carbocycles. The Balaban J connectivity index is 1.58. The van der Waals surface area contributed by atoms with Crippen LogP contribution in [0.15, 0.2) is 60.8 Å². The molecule has 0 aliphatic rings. The van der Waals surface area contributed by atoms with Crippen LogP contribution in [0.5, 0.6) is 5.75 Å². The van der Waals surface area contributed by atoms with E-state index in [9.17, 15) is 4.79 Å². The number of hydrogen-bond acceptors (Lipinski definition) is 4. The number of carbonyl (C=O) groups excluding carboxylic acids is 1. The second kappa shape index (κ2) is 8.56. The average Bonchev–Trinajstić information content (AvgIpc) is 2.70. The molecule has 0 radical (unpaired) electrons. The monoisotopic (exact) mass is 381 g/mol. The zero-order valence-corrected chi connectivity index (χ0v) is 15.9. The number of nitrogens with one attached hydrogen (secondary N) is 2. The van der Waals surface area contributed by atoms with Gasteiger partial charge in [-0.2, -0.15) is 0 Å². The van der Waals surface area contributed by atoms with Gasteiger partial charge in [-0.1, -0.05) is 29.8 Å². The number of hydrogen-bond donors (Lipinski definition) is 2. The average molecular weight is 382 g/mol. The number of pyridine rings is 1. The predicted molar refractivity (Wildman–Crippen MR) is 109 cm³/mol. The van der Waals surface area contributed by atoms with E-state index in [1.54, 1.807) is 31.5 Å². The Bertz CT molecular complexity index is 925. The molecule has 3 rings (SSSR count). The zero-order valence-electron chi connectivity index (χ0n) is 15.1. The molecule has 3 aromatic rings. The topological polar surface area (TPSA) is 63.2 Å². The summed E-state index contributed by atoms with van der Waals surface area (Å²) in [5.74, 6) is 1.28. The number of rotatable bonds is 6. The lowest BCUT2D eigenvalue weighted by Crippen LogP contribution is -2.12. The van der Waals surface area contributed by atoms with Crippen molar-refractivity contribution in [2.75, 3.05) is 17.7 Å². The van der Waals surface area contributed by atoms with Crippen molar-refractivity contribution in [1.29, 1.82) is 0 Å². The summed E-state index contributed by atoms with van der Waals surface area (Å²) in [4.78, 5) is 16.6. The summed E-state index contributed by atoms with van der Waals surface area (Å²) < 4.78 is 5.14. The van der Waals surface area contributed by atoms with Crippen LogP contribution in [0, 0.1) is 6.92 Å². The van der Waals surface area contributed by atoms with Gasteiger partial charge in [-0.15, -0.1) is 0 Å². The molecule has 1 amide bonds. The van der Waals surface area contributed by atoms with Crippen LogP contribution in [0.3, 0.4) is 0 Å². The summed E-state index contributed by atoms with van der Waals surface area (Å²) in [5.41, 5.74) is 3.19. The molecule has 2 aromatic carbocycles. The van der Waals surface area contributed by atoms with Gasteiger partial charge in [0.05, 0.1) is 12.7 Å². The minimum Gasteiger partial charge on any atom is -0.497 e. The summed E-state index contributed by atoms with van der Waals surface area (Å²) in [5, 5.41) is 6.66. The number of anilines is 2. The predicted octanol–water partition coefficient (Wildman–Crippen LogP) is 4.92. The van der Waals surface area contributed by atoms with E-state index in [1.807, 2.05) is 43.3 Å². The first-order valence-electron chi connectivity index (χ1n) is 8.45. The van der Waals surface area contributed by atoms with Crippen LogP contribution < -0.4 is 15.4 Å². The third-order valence-electron chi connectivity index (χ3n) is 4.09. The second-order valence-corrected chi connectivity index (χ2v) is 6.46. The van der Waals surface area contributed by atoms with E-state index in [1.165, 1.54) is 0 Å². The molecule has 2 N–H and O–H groups in total. The van der Waals surface area contributed by atoms with Gasteiger partial charge >= 0.3 is 0 Å². The highest BCUT2D eigenvalue weighted by molar-refractivity contribution is 6.31. The zero-order chi connectivity index (χ0) is 19.2. The Kier molecular flexibility index (Phi) is 5.94. The van der Waals surface area contributed by atoms with Crippen molar-refractivity contribution in [3.8, 4) is 5.75 Å². The number of aryl methyl sites for hydroxylation is 1. The van der Waals surface area contributed by atoms with Crippen LogP contribution >= 0.6 is 11.6 Å². The number of amides is 1. The molecule has 5 nitrogen and oxygen atoms in total. The fourth-order valence-corrected chi connectivity index (χ4v) is 2.62. The quantitative estimate of drug-likeness (QED) is 0.636.